The van der Waals surface area contributed by atoms with Gasteiger partial charge in [0.05, 0.1) is 10.5 Å². The van der Waals surface area contributed by atoms with Crippen molar-refractivity contribution in [3.8, 4) is 22.5 Å². The van der Waals surface area contributed by atoms with E-state index in [1.54, 1.807) is 12.1 Å². The van der Waals surface area contributed by atoms with Gasteiger partial charge in [0.2, 0.25) is 21.2 Å². The van der Waals surface area contributed by atoms with Crippen molar-refractivity contribution in [2.24, 2.45) is 0 Å². The van der Waals surface area contributed by atoms with Gasteiger partial charge < -0.3 is 0 Å². The summed E-state index contributed by atoms with van der Waals surface area (Å²) in [5, 5.41) is 0. The van der Waals surface area contributed by atoms with Gasteiger partial charge in [0.15, 0.2) is 6.54 Å². The Morgan fingerprint density at radius 1 is 0.931 bits per heavy atom. The zero-order chi connectivity index (χ0) is 21.0. The van der Waals surface area contributed by atoms with Gasteiger partial charge in [0, 0.05) is 18.1 Å². The topological polar surface area (TPSA) is 130 Å². The molecular formula is C20H16ClNO6S. The maximum Gasteiger partial charge on any atom is 0.233 e. The lowest BCUT2D eigenvalue weighted by molar-refractivity contribution is -2.00. The van der Waals surface area contributed by atoms with Crippen molar-refractivity contribution in [3.05, 3.63) is 65.7 Å². The highest BCUT2D eigenvalue weighted by Crippen LogP contribution is 2.44. The molecule has 0 unspecified atom stereocenters. The molecule has 29 heavy (non-hydrogen) atoms. The number of rotatable bonds is 0. The second kappa shape index (κ2) is 6.88. The summed E-state index contributed by atoms with van der Waals surface area (Å²) in [5.41, 5.74) is 6.15. The first-order valence-electron chi connectivity index (χ1n) is 8.71. The van der Waals surface area contributed by atoms with Gasteiger partial charge in [0.1, 0.15) is 4.90 Å². The number of halogens is 1. The van der Waals surface area contributed by atoms with Gasteiger partial charge in [-0.1, -0.05) is 30.3 Å². The van der Waals surface area contributed by atoms with E-state index < -0.39 is 20.1 Å². The van der Waals surface area contributed by atoms with Crippen LogP contribution in [0.25, 0.3) is 22.5 Å². The molecule has 3 heterocycles. The third-order valence-corrected chi connectivity index (χ3v) is 7.07. The van der Waals surface area contributed by atoms with Crippen LogP contribution in [0.15, 0.2) is 64.4 Å². The lowest BCUT2D eigenvalue weighted by atomic mass is 9.95. The molecule has 0 fully saturated rings. The Morgan fingerprint density at radius 3 is 2.21 bits per heavy atom. The molecule has 0 saturated carbocycles. The number of fused-ring (bicyclic) bond motifs is 7. The monoisotopic (exact) mass is 433 g/mol. The molecule has 0 amide bonds. The van der Waals surface area contributed by atoms with E-state index in [1.165, 1.54) is 11.1 Å². The molecule has 0 radical (unpaired) electrons. The Hall–Kier alpha value is -2.33. The summed E-state index contributed by atoms with van der Waals surface area (Å²) in [5.74, 6) is 0. The second-order valence-electron chi connectivity index (χ2n) is 6.83. The fourth-order valence-electron chi connectivity index (χ4n) is 4.07. The van der Waals surface area contributed by atoms with Gasteiger partial charge in [-0.05, 0) is 36.2 Å². The lowest BCUT2D eigenvalue weighted by Crippen LogP contribution is -2.68. The highest BCUT2D eigenvalue weighted by molar-refractivity contribution is 7.92. The maximum atomic E-state index is 13.0. The molecular weight excluding hydrogens is 418 g/mol. The van der Waals surface area contributed by atoms with E-state index in [9.17, 15) is 8.42 Å². The van der Waals surface area contributed by atoms with Crippen molar-refractivity contribution < 1.29 is 41.9 Å². The highest BCUT2D eigenvalue weighted by Gasteiger charge is 2.43. The number of benzene rings is 2. The molecule has 0 atom stereocenters. The van der Waals surface area contributed by atoms with Crippen molar-refractivity contribution >= 4 is 9.84 Å². The first-order chi connectivity index (χ1) is 13.6. The summed E-state index contributed by atoms with van der Waals surface area (Å²) < 4.78 is 62.2. The van der Waals surface area contributed by atoms with E-state index in [1.807, 2.05) is 31.2 Å². The molecule has 150 valence electrons. The first kappa shape index (κ1) is 20.0. The van der Waals surface area contributed by atoms with Crippen molar-refractivity contribution in [1.29, 1.82) is 0 Å². The van der Waals surface area contributed by atoms with Crippen LogP contribution in [0.3, 0.4) is 0 Å². The van der Waals surface area contributed by atoms with Gasteiger partial charge in [-0.2, -0.15) is 4.57 Å². The fourth-order valence-corrected chi connectivity index (χ4v) is 5.96. The van der Waals surface area contributed by atoms with Crippen LogP contribution < -0.4 is 23.2 Å². The third-order valence-electron chi connectivity index (χ3n) is 5.09. The minimum Gasteiger partial charge on any atom is -0.222 e. The Bertz CT molecular complexity index is 1230. The van der Waals surface area contributed by atoms with Crippen molar-refractivity contribution in [1.82, 2.24) is 0 Å². The molecule has 5 rings (SSSR count). The minimum atomic E-state index is -4.94. The van der Waals surface area contributed by atoms with Crippen LogP contribution >= 0.6 is 0 Å². The van der Waals surface area contributed by atoms with Crippen LogP contribution in [0.5, 0.6) is 0 Å². The average Bonchev–Trinajstić information content (AvgIpc) is 2.89. The average molecular weight is 434 g/mol. The minimum absolute atomic E-state index is 0.433. The van der Waals surface area contributed by atoms with Gasteiger partial charge in [-0.15, -0.1) is 10.2 Å². The molecule has 0 saturated heterocycles. The van der Waals surface area contributed by atoms with Crippen molar-refractivity contribution in [3.63, 3.8) is 0 Å². The van der Waals surface area contributed by atoms with Crippen LogP contribution in [-0.4, -0.2) is 8.42 Å². The van der Waals surface area contributed by atoms with Crippen LogP contribution in [0, 0.1) is 17.2 Å². The largest absolute Gasteiger partial charge is 0.233 e. The zero-order valence-electron chi connectivity index (χ0n) is 15.3. The smallest absolute Gasteiger partial charge is 0.222 e. The predicted octanol–water partition coefficient (Wildman–Crippen LogP) is -1.44. The molecule has 2 aliphatic rings. The standard InChI is InChI=1S/C20H16NO2S.ClHO4/c1-13-12-17-15-7-3-2-6-14(15)10-11-21(17)19-16-8-4-5-9-18(16)24(22,23)20(13)19;2-1(3,4)5/h2-9,12H,10-11H2,1H3;(H,2,3,4,5)/q+1;/p-1. The fraction of sp³-hybridized carbons (Fsp3) is 0.150. The summed E-state index contributed by atoms with van der Waals surface area (Å²) in [6, 6.07) is 17.8. The third kappa shape index (κ3) is 3.44. The van der Waals surface area contributed by atoms with Gasteiger partial charge in [0.25, 0.3) is 0 Å². The summed E-state index contributed by atoms with van der Waals surface area (Å²) in [6.45, 7) is 2.71. The molecule has 2 aromatic carbocycles. The molecule has 2 aliphatic heterocycles. The van der Waals surface area contributed by atoms with Gasteiger partial charge in [-0.3, -0.25) is 0 Å². The predicted molar refractivity (Wildman–Crippen MR) is 91.4 cm³/mol. The van der Waals surface area contributed by atoms with Crippen LogP contribution in [0.1, 0.15) is 11.1 Å². The van der Waals surface area contributed by atoms with E-state index in [-0.39, 0.29) is 0 Å². The summed E-state index contributed by atoms with van der Waals surface area (Å²) in [4.78, 5) is 0.912. The quantitative estimate of drug-likeness (QED) is 0.312. The molecule has 1 aromatic heterocycles. The molecule has 7 nitrogen and oxygen atoms in total. The Kier molecular flexibility index (Phi) is 4.73. The molecule has 3 aromatic rings. The van der Waals surface area contributed by atoms with Crippen LogP contribution in [-0.2, 0) is 22.8 Å². The number of pyridine rings is 1. The number of aryl methyl sites for hydroxylation is 2. The molecule has 0 aliphatic carbocycles. The van der Waals surface area contributed by atoms with Crippen molar-refractivity contribution in [2.75, 3.05) is 0 Å². The number of sulfone groups is 1. The zero-order valence-corrected chi connectivity index (χ0v) is 16.9. The van der Waals surface area contributed by atoms with Crippen LogP contribution in [0.4, 0.5) is 0 Å². The molecule has 0 bridgehead atoms. The highest BCUT2D eigenvalue weighted by atomic mass is 35.7. The first-order valence-corrected chi connectivity index (χ1v) is 11.4. The van der Waals surface area contributed by atoms with Gasteiger partial charge in [-0.25, -0.2) is 27.1 Å². The van der Waals surface area contributed by atoms with Crippen molar-refractivity contribution in [2.45, 2.75) is 29.7 Å². The van der Waals surface area contributed by atoms with E-state index in [0.29, 0.717) is 9.79 Å². The van der Waals surface area contributed by atoms with E-state index in [4.69, 9.17) is 18.6 Å². The second-order valence-corrected chi connectivity index (χ2v) is 9.44. The van der Waals surface area contributed by atoms with E-state index >= 15 is 0 Å². The number of nitrogens with zero attached hydrogens (tertiary/aromatic N) is 1. The number of hydrogen-bond acceptors (Lipinski definition) is 6. The molecule has 9 heteroatoms. The summed E-state index contributed by atoms with van der Waals surface area (Å²) >= 11 is 0. The molecule has 0 spiro atoms. The summed E-state index contributed by atoms with van der Waals surface area (Å²) in [6.07, 6.45) is 0.922. The normalized spacial score (nSPS) is 15.3. The molecule has 0 N–H and O–H groups in total. The number of hydrogen-bond donors (Lipinski definition) is 0. The Balaban J connectivity index is 0.000000369. The lowest BCUT2D eigenvalue weighted by Gasteiger charge is -2.17. The van der Waals surface area contributed by atoms with Gasteiger partial charge >= 0.3 is 0 Å². The van der Waals surface area contributed by atoms with E-state index in [0.717, 1.165) is 35.5 Å². The summed E-state index contributed by atoms with van der Waals surface area (Å²) in [7, 11) is -8.37. The van der Waals surface area contributed by atoms with Crippen LogP contribution in [0.2, 0.25) is 0 Å². The Labute approximate surface area is 169 Å². The maximum absolute atomic E-state index is 13.0. The SMILES string of the molecule is Cc1cc2[n+](c3c1S(=O)(=O)c1ccccc1-3)CCc1ccccc1-2.[O-][Cl+3]([O-])([O-])[O-]. The van der Waals surface area contributed by atoms with E-state index in [2.05, 4.69) is 22.8 Å². The number of aromatic nitrogens is 1. The Morgan fingerprint density at radius 2 is 1.52 bits per heavy atom.